The second-order valence-corrected chi connectivity index (χ2v) is 7.91. The Morgan fingerprint density at radius 2 is 2.12 bits per heavy atom. The predicted octanol–water partition coefficient (Wildman–Crippen LogP) is 2.40. The van der Waals surface area contributed by atoms with Gasteiger partial charge in [-0.15, -0.1) is 24.0 Å². The van der Waals surface area contributed by atoms with Crippen molar-refractivity contribution in [3.05, 3.63) is 65.8 Å². The molecule has 2 N–H and O–H groups in total. The first-order valence-corrected chi connectivity index (χ1v) is 11.3. The number of hydrogen-bond donors (Lipinski definition) is 2. The highest BCUT2D eigenvalue weighted by Crippen LogP contribution is 2.13. The molecular weight excluding hydrogens is 531 g/mol. The molecule has 0 aliphatic carbocycles. The third-order valence-corrected chi connectivity index (χ3v) is 5.46. The van der Waals surface area contributed by atoms with Gasteiger partial charge in [0, 0.05) is 58.0 Å². The summed E-state index contributed by atoms with van der Waals surface area (Å²) in [7, 11) is 1.66. The minimum atomic E-state index is 0. The lowest BCUT2D eigenvalue weighted by Gasteiger charge is -2.25. The van der Waals surface area contributed by atoms with Gasteiger partial charge < -0.3 is 19.9 Å². The molecule has 1 unspecified atom stereocenters. The third-order valence-electron chi connectivity index (χ3n) is 5.46. The number of ether oxygens (including phenoxy) is 1. The maximum atomic E-state index is 5.16. The first-order chi connectivity index (χ1) is 15.7. The van der Waals surface area contributed by atoms with Gasteiger partial charge in [0.05, 0.1) is 6.54 Å². The SMILES string of the molecule is CCNC(=NCCc1nccn1Cc1ccccc1)NC1CCc2nc(COC)nn2C1.I. The number of aliphatic imine (C=N–C) groups is 1. The van der Waals surface area contributed by atoms with Crippen LogP contribution in [0.3, 0.4) is 0 Å². The first kappa shape index (κ1) is 25.2. The van der Waals surface area contributed by atoms with Gasteiger partial charge in [-0.3, -0.25) is 4.99 Å². The molecule has 0 amide bonds. The van der Waals surface area contributed by atoms with Gasteiger partial charge >= 0.3 is 0 Å². The molecule has 3 heterocycles. The minimum Gasteiger partial charge on any atom is -0.377 e. The summed E-state index contributed by atoms with van der Waals surface area (Å²) in [6.45, 7) is 5.61. The molecule has 9 nitrogen and oxygen atoms in total. The maximum Gasteiger partial charge on any atom is 0.191 e. The van der Waals surface area contributed by atoms with E-state index >= 15 is 0 Å². The number of hydrogen-bond acceptors (Lipinski definition) is 5. The third kappa shape index (κ3) is 7.00. The summed E-state index contributed by atoms with van der Waals surface area (Å²) in [6.07, 6.45) is 6.57. The number of imidazole rings is 1. The Hall–Kier alpha value is -2.47. The largest absolute Gasteiger partial charge is 0.377 e. The maximum absolute atomic E-state index is 5.16. The van der Waals surface area contributed by atoms with Gasteiger partial charge in [-0.25, -0.2) is 14.6 Å². The fourth-order valence-electron chi connectivity index (χ4n) is 3.94. The summed E-state index contributed by atoms with van der Waals surface area (Å²) in [6, 6.07) is 10.7. The smallest absolute Gasteiger partial charge is 0.191 e. The van der Waals surface area contributed by atoms with Crippen molar-refractivity contribution in [1.29, 1.82) is 0 Å². The van der Waals surface area contributed by atoms with Crippen molar-refractivity contribution in [3.63, 3.8) is 0 Å². The quantitative estimate of drug-likeness (QED) is 0.236. The molecule has 1 aliphatic rings. The lowest BCUT2D eigenvalue weighted by atomic mass is 10.1. The van der Waals surface area contributed by atoms with Crippen LogP contribution in [0.15, 0.2) is 47.7 Å². The molecule has 0 spiro atoms. The van der Waals surface area contributed by atoms with Crippen LogP contribution in [-0.4, -0.2) is 56.5 Å². The van der Waals surface area contributed by atoms with Crippen LogP contribution in [0.5, 0.6) is 0 Å². The van der Waals surface area contributed by atoms with Crippen molar-refractivity contribution in [2.24, 2.45) is 4.99 Å². The van der Waals surface area contributed by atoms with Gasteiger partial charge in [0.15, 0.2) is 11.8 Å². The molecule has 10 heteroatoms. The number of benzene rings is 1. The van der Waals surface area contributed by atoms with Crippen LogP contribution in [0, 0.1) is 0 Å². The number of fused-ring (bicyclic) bond motifs is 1. The molecule has 3 aromatic rings. The number of aryl methyl sites for hydroxylation is 1. The average Bonchev–Trinajstić information content (AvgIpc) is 3.41. The standard InChI is InChI=1S/C23H32N8O.HI/c1-3-24-23(27-19-9-10-22-28-20(17-32-2)29-31(22)16-19)26-12-11-21-25-13-14-30(21)15-18-7-5-4-6-8-18;/h4-8,13-14,19H,3,9-12,15-17H2,1-2H3,(H2,24,26,27);1H. The van der Waals surface area contributed by atoms with Crippen LogP contribution in [0.2, 0.25) is 0 Å². The zero-order chi connectivity index (χ0) is 22.2. The van der Waals surface area contributed by atoms with Gasteiger partial charge in [-0.2, -0.15) is 5.10 Å². The highest BCUT2D eigenvalue weighted by molar-refractivity contribution is 14.0. The molecule has 1 atom stereocenters. The lowest BCUT2D eigenvalue weighted by Crippen LogP contribution is -2.47. The predicted molar refractivity (Wildman–Crippen MR) is 139 cm³/mol. The number of guanidine groups is 1. The number of nitrogens with one attached hydrogen (secondary N) is 2. The van der Waals surface area contributed by atoms with Crippen LogP contribution in [0.4, 0.5) is 0 Å². The molecule has 0 fully saturated rings. The van der Waals surface area contributed by atoms with Crippen LogP contribution in [0.25, 0.3) is 0 Å². The van der Waals surface area contributed by atoms with Crippen LogP contribution < -0.4 is 10.6 Å². The molecule has 33 heavy (non-hydrogen) atoms. The Labute approximate surface area is 212 Å². The van der Waals surface area contributed by atoms with E-state index in [2.05, 4.69) is 61.5 Å². The fraction of sp³-hybridized carbons (Fsp3) is 0.478. The van der Waals surface area contributed by atoms with E-state index < -0.39 is 0 Å². The molecule has 0 saturated heterocycles. The van der Waals surface area contributed by atoms with Gasteiger partial charge in [0.1, 0.15) is 18.3 Å². The summed E-state index contributed by atoms with van der Waals surface area (Å²) < 4.78 is 9.33. The number of halogens is 1. The number of methoxy groups -OCH3 is 1. The van der Waals surface area contributed by atoms with E-state index in [1.54, 1.807) is 7.11 Å². The summed E-state index contributed by atoms with van der Waals surface area (Å²) >= 11 is 0. The van der Waals surface area contributed by atoms with E-state index in [0.29, 0.717) is 13.2 Å². The number of aromatic nitrogens is 5. The summed E-state index contributed by atoms with van der Waals surface area (Å²) in [4.78, 5) is 13.9. The lowest BCUT2D eigenvalue weighted by molar-refractivity contribution is 0.177. The summed E-state index contributed by atoms with van der Waals surface area (Å²) in [5.74, 6) is 3.65. The van der Waals surface area contributed by atoms with Crippen molar-refractivity contribution < 1.29 is 4.74 Å². The zero-order valence-electron chi connectivity index (χ0n) is 19.3. The highest BCUT2D eigenvalue weighted by Gasteiger charge is 2.22. The molecule has 2 aromatic heterocycles. The van der Waals surface area contributed by atoms with Crippen molar-refractivity contribution >= 4 is 29.9 Å². The molecule has 0 saturated carbocycles. The zero-order valence-corrected chi connectivity index (χ0v) is 21.6. The topological polar surface area (TPSA) is 94.2 Å². The van der Waals surface area contributed by atoms with E-state index in [1.807, 2.05) is 23.1 Å². The Kier molecular flexibility index (Phi) is 9.67. The monoisotopic (exact) mass is 564 g/mol. The van der Waals surface area contributed by atoms with Crippen molar-refractivity contribution in [2.45, 2.75) is 51.9 Å². The van der Waals surface area contributed by atoms with E-state index in [1.165, 1.54) is 5.56 Å². The van der Waals surface area contributed by atoms with Crippen LogP contribution in [-0.2, 0) is 37.3 Å². The Balaban J connectivity index is 0.00000306. The van der Waals surface area contributed by atoms with Gasteiger partial charge in [0.25, 0.3) is 0 Å². The number of rotatable bonds is 9. The Morgan fingerprint density at radius 1 is 1.27 bits per heavy atom. The van der Waals surface area contributed by atoms with E-state index in [0.717, 1.165) is 62.3 Å². The van der Waals surface area contributed by atoms with E-state index in [4.69, 9.17) is 9.73 Å². The average molecular weight is 564 g/mol. The second kappa shape index (κ2) is 12.7. The van der Waals surface area contributed by atoms with Gasteiger partial charge in [0.2, 0.25) is 0 Å². The van der Waals surface area contributed by atoms with Gasteiger partial charge in [-0.05, 0) is 18.9 Å². The molecule has 0 radical (unpaired) electrons. The van der Waals surface area contributed by atoms with Crippen molar-refractivity contribution in [1.82, 2.24) is 34.9 Å². The van der Waals surface area contributed by atoms with Crippen LogP contribution in [0.1, 0.15) is 36.4 Å². The molecule has 178 valence electrons. The van der Waals surface area contributed by atoms with Crippen LogP contribution >= 0.6 is 24.0 Å². The first-order valence-electron chi connectivity index (χ1n) is 11.3. The van der Waals surface area contributed by atoms with E-state index in [9.17, 15) is 0 Å². The van der Waals surface area contributed by atoms with E-state index in [-0.39, 0.29) is 30.0 Å². The normalized spacial score (nSPS) is 15.6. The van der Waals surface area contributed by atoms with Crippen molar-refractivity contribution in [2.75, 3.05) is 20.2 Å². The summed E-state index contributed by atoms with van der Waals surface area (Å²) in [5.41, 5.74) is 1.27. The molecule has 4 rings (SSSR count). The highest BCUT2D eigenvalue weighted by atomic mass is 127. The minimum absolute atomic E-state index is 0. The van der Waals surface area contributed by atoms with Gasteiger partial charge in [-0.1, -0.05) is 30.3 Å². The van der Waals surface area contributed by atoms with Crippen molar-refractivity contribution in [3.8, 4) is 0 Å². The molecule has 1 aromatic carbocycles. The molecule has 1 aliphatic heterocycles. The summed E-state index contributed by atoms with van der Waals surface area (Å²) in [5, 5.41) is 11.5. The molecule has 0 bridgehead atoms. The Morgan fingerprint density at radius 3 is 2.91 bits per heavy atom. The number of nitrogens with zero attached hydrogens (tertiary/aromatic N) is 6. The Bertz CT molecular complexity index is 1020. The molecular formula is C23H33IN8O. The second-order valence-electron chi connectivity index (χ2n) is 7.91. The fourth-order valence-corrected chi connectivity index (χ4v) is 3.94.